The summed E-state index contributed by atoms with van der Waals surface area (Å²) in [6.45, 7) is 4.56. The van der Waals surface area contributed by atoms with E-state index >= 15 is 0 Å². The number of fused-ring (bicyclic) bond motifs is 1. The number of hydrogen-bond donors (Lipinski definition) is 1. The summed E-state index contributed by atoms with van der Waals surface area (Å²) in [5, 5.41) is 4.25. The predicted molar refractivity (Wildman–Crippen MR) is 81.2 cm³/mol. The van der Waals surface area contributed by atoms with Gasteiger partial charge in [-0.1, -0.05) is 11.6 Å². The average Bonchev–Trinajstić information content (AvgIpc) is 2.44. The fraction of sp³-hybridized carbons (Fsp3) is 0.600. The second-order valence-corrected chi connectivity index (χ2v) is 6.08. The Hall–Kier alpha value is -1.13. The van der Waals surface area contributed by atoms with Crippen molar-refractivity contribution in [2.45, 2.75) is 31.8 Å². The number of piperidine rings is 1. The van der Waals surface area contributed by atoms with Crippen molar-refractivity contribution in [1.29, 1.82) is 0 Å². The first-order valence-electron chi connectivity index (χ1n) is 7.19. The molecule has 5 heteroatoms. The Morgan fingerprint density at radius 2 is 1.95 bits per heavy atom. The zero-order valence-electron chi connectivity index (χ0n) is 12.0. The zero-order valence-corrected chi connectivity index (χ0v) is 12.7. The largest absolute Gasteiger partial charge is 0.486 e. The van der Waals surface area contributed by atoms with Crippen molar-refractivity contribution in [3.63, 3.8) is 0 Å². The molecule has 2 heterocycles. The second kappa shape index (κ2) is 5.70. The number of benzene rings is 1. The van der Waals surface area contributed by atoms with Gasteiger partial charge in [0.15, 0.2) is 11.5 Å². The summed E-state index contributed by atoms with van der Waals surface area (Å²) in [6.07, 6.45) is 2.26. The summed E-state index contributed by atoms with van der Waals surface area (Å²) in [7, 11) is 2.18. The van der Waals surface area contributed by atoms with Gasteiger partial charge in [0.2, 0.25) is 0 Å². The van der Waals surface area contributed by atoms with Crippen LogP contribution in [0.1, 0.15) is 19.8 Å². The molecule has 1 fully saturated rings. The first-order valence-corrected chi connectivity index (χ1v) is 7.57. The summed E-state index contributed by atoms with van der Waals surface area (Å²) in [6, 6.07) is 4.86. The highest BCUT2D eigenvalue weighted by Gasteiger charge is 2.24. The number of rotatable bonds is 2. The smallest absolute Gasteiger partial charge is 0.163 e. The van der Waals surface area contributed by atoms with Gasteiger partial charge in [0, 0.05) is 30.8 Å². The van der Waals surface area contributed by atoms with Crippen molar-refractivity contribution in [1.82, 2.24) is 4.90 Å². The number of anilines is 1. The van der Waals surface area contributed by atoms with Gasteiger partial charge in [-0.3, -0.25) is 0 Å². The quantitative estimate of drug-likeness (QED) is 0.910. The maximum Gasteiger partial charge on any atom is 0.163 e. The molecule has 0 aliphatic carbocycles. The fourth-order valence-electron chi connectivity index (χ4n) is 2.82. The van der Waals surface area contributed by atoms with E-state index in [1.165, 1.54) is 0 Å². The normalized spacial score (nSPS) is 26.4. The summed E-state index contributed by atoms with van der Waals surface area (Å²) < 4.78 is 11.2. The minimum absolute atomic E-state index is 0.459. The molecule has 1 aromatic rings. The summed E-state index contributed by atoms with van der Waals surface area (Å²) in [5.41, 5.74) is 0.942. The molecule has 4 nitrogen and oxygen atoms in total. The van der Waals surface area contributed by atoms with Crippen molar-refractivity contribution in [2.75, 3.05) is 32.1 Å². The Bertz CT molecular complexity index is 495. The van der Waals surface area contributed by atoms with Crippen LogP contribution in [0.2, 0.25) is 5.02 Å². The molecule has 2 atom stereocenters. The molecule has 0 aromatic heterocycles. The molecule has 0 radical (unpaired) electrons. The molecule has 3 rings (SSSR count). The van der Waals surface area contributed by atoms with Crippen LogP contribution in [0.5, 0.6) is 11.5 Å². The van der Waals surface area contributed by atoms with Crippen LogP contribution in [0.25, 0.3) is 0 Å². The zero-order chi connectivity index (χ0) is 14.1. The van der Waals surface area contributed by atoms with Crippen molar-refractivity contribution in [2.24, 2.45) is 0 Å². The lowest BCUT2D eigenvalue weighted by atomic mass is 9.98. The molecule has 0 amide bonds. The summed E-state index contributed by atoms with van der Waals surface area (Å²) >= 11 is 6.34. The standard InChI is InChI=1S/C15H21ClN2O2/c1-10-7-11(3-4-18(10)2)17-13-9-15-14(8-12(13)16)19-5-6-20-15/h8-11,17H,3-7H2,1-2H3. The maximum atomic E-state index is 6.34. The molecule has 2 aliphatic rings. The Morgan fingerprint density at radius 1 is 1.25 bits per heavy atom. The van der Waals surface area contributed by atoms with E-state index in [0.717, 1.165) is 36.6 Å². The number of ether oxygens (including phenoxy) is 2. The van der Waals surface area contributed by atoms with Crippen LogP contribution in [0, 0.1) is 0 Å². The van der Waals surface area contributed by atoms with Crippen molar-refractivity contribution >= 4 is 17.3 Å². The van der Waals surface area contributed by atoms with Gasteiger partial charge >= 0.3 is 0 Å². The van der Waals surface area contributed by atoms with Gasteiger partial charge in [-0.05, 0) is 26.8 Å². The molecule has 1 saturated heterocycles. The Balaban J connectivity index is 1.74. The summed E-state index contributed by atoms with van der Waals surface area (Å²) in [5.74, 6) is 1.52. The van der Waals surface area contributed by atoms with E-state index in [9.17, 15) is 0 Å². The molecule has 0 spiro atoms. The van der Waals surface area contributed by atoms with Crippen LogP contribution < -0.4 is 14.8 Å². The average molecular weight is 297 g/mol. The van der Waals surface area contributed by atoms with Gasteiger partial charge in [0.05, 0.1) is 10.7 Å². The van der Waals surface area contributed by atoms with E-state index in [4.69, 9.17) is 21.1 Å². The Kier molecular flexibility index (Phi) is 3.94. The molecular weight excluding hydrogens is 276 g/mol. The van der Waals surface area contributed by atoms with Crippen LogP contribution in [-0.2, 0) is 0 Å². The van der Waals surface area contributed by atoms with Crippen LogP contribution in [0.3, 0.4) is 0 Å². The summed E-state index contributed by atoms with van der Waals surface area (Å²) in [4.78, 5) is 2.39. The van der Waals surface area contributed by atoms with Crippen LogP contribution in [-0.4, -0.2) is 43.8 Å². The predicted octanol–water partition coefficient (Wildman–Crippen LogP) is 3.01. The van der Waals surface area contributed by atoms with E-state index in [2.05, 4.69) is 24.2 Å². The lowest BCUT2D eigenvalue weighted by molar-refractivity contribution is 0.171. The van der Waals surface area contributed by atoms with Crippen LogP contribution in [0.4, 0.5) is 5.69 Å². The monoisotopic (exact) mass is 296 g/mol. The molecule has 2 aliphatic heterocycles. The van der Waals surface area contributed by atoms with E-state index in [1.807, 2.05) is 12.1 Å². The highest BCUT2D eigenvalue weighted by molar-refractivity contribution is 6.33. The van der Waals surface area contributed by atoms with Crippen LogP contribution >= 0.6 is 11.6 Å². The highest BCUT2D eigenvalue weighted by Crippen LogP contribution is 2.38. The maximum absolute atomic E-state index is 6.34. The van der Waals surface area contributed by atoms with E-state index in [0.29, 0.717) is 30.3 Å². The van der Waals surface area contributed by atoms with Gasteiger partial charge in [0.25, 0.3) is 0 Å². The molecule has 1 N–H and O–H groups in total. The highest BCUT2D eigenvalue weighted by atomic mass is 35.5. The Labute approximate surface area is 125 Å². The van der Waals surface area contributed by atoms with Gasteiger partial charge in [-0.2, -0.15) is 0 Å². The van der Waals surface area contributed by atoms with Crippen LogP contribution in [0.15, 0.2) is 12.1 Å². The lowest BCUT2D eigenvalue weighted by Gasteiger charge is -2.36. The Morgan fingerprint density at radius 3 is 2.65 bits per heavy atom. The molecule has 20 heavy (non-hydrogen) atoms. The van der Waals surface area contributed by atoms with Gasteiger partial charge in [0.1, 0.15) is 13.2 Å². The third-order valence-corrected chi connectivity index (χ3v) is 4.51. The third-order valence-electron chi connectivity index (χ3n) is 4.20. The van der Waals surface area contributed by atoms with Gasteiger partial charge < -0.3 is 19.7 Å². The first-order chi connectivity index (χ1) is 9.63. The molecule has 110 valence electrons. The minimum Gasteiger partial charge on any atom is -0.486 e. The first kappa shape index (κ1) is 13.8. The topological polar surface area (TPSA) is 33.7 Å². The molecule has 0 saturated carbocycles. The second-order valence-electron chi connectivity index (χ2n) is 5.67. The molecular formula is C15H21ClN2O2. The van der Waals surface area contributed by atoms with Crippen molar-refractivity contribution in [3.8, 4) is 11.5 Å². The number of halogens is 1. The van der Waals surface area contributed by atoms with E-state index in [1.54, 1.807) is 0 Å². The van der Waals surface area contributed by atoms with E-state index in [-0.39, 0.29) is 0 Å². The minimum atomic E-state index is 0.459. The molecule has 0 bridgehead atoms. The number of nitrogens with zero attached hydrogens (tertiary/aromatic N) is 1. The third kappa shape index (κ3) is 2.81. The fourth-order valence-corrected chi connectivity index (χ4v) is 3.02. The van der Waals surface area contributed by atoms with Crippen molar-refractivity contribution < 1.29 is 9.47 Å². The SMILES string of the molecule is CC1CC(Nc2cc3c(cc2Cl)OCCO3)CCN1C. The van der Waals surface area contributed by atoms with Gasteiger partial charge in [-0.15, -0.1) is 0 Å². The number of likely N-dealkylation sites (tertiary alicyclic amines) is 1. The van der Waals surface area contributed by atoms with E-state index < -0.39 is 0 Å². The number of hydrogen-bond acceptors (Lipinski definition) is 4. The molecule has 1 aromatic carbocycles. The van der Waals surface area contributed by atoms with Gasteiger partial charge in [-0.25, -0.2) is 0 Å². The lowest BCUT2D eigenvalue weighted by Crippen LogP contribution is -2.42. The number of nitrogens with one attached hydrogen (secondary N) is 1. The van der Waals surface area contributed by atoms with Crippen molar-refractivity contribution in [3.05, 3.63) is 17.2 Å². The molecule has 2 unspecified atom stereocenters.